The van der Waals surface area contributed by atoms with Gasteiger partial charge in [-0.15, -0.1) is 23.4 Å². The lowest BCUT2D eigenvalue weighted by atomic mass is 9.99. The Morgan fingerprint density at radius 2 is 2.14 bits per heavy atom. The van der Waals surface area contributed by atoms with Gasteiger partial charge in [0.2, 0.25) is 0 Å². The number of rotatable bonds is 1. The molecule has 14 heavy (non-hydrogen) atoms. The maximum absolute atomic E-state index is 11.5. The summed E-state index contributed by atoms with van der Waals surface area (Å²) in [4.78, 5) is 12.2. The van der Waals surface area contributed by atoms with Crippen molar-refractivity contribution in [3.8, 4) is 0 Å². The van der Waals surface area contributed by atoms with E-state index in [0.29, 0.717) is 5.75 Å². The molecule has 3 heteroatoms. The summed E-state index contributed by atoms with van der Waals surface area (Å²) in [5.41, 5.74) is 1.84. The Bertz CT molecular complexity index is 393. The zero-order chi connectivity index (χ0) is 10.3. The van der Waals surface area contributed by atoms with Crippen molar-refractivity contribution in [2.75, 3.05) is 5.75 Å². The quantitative estimate of drug-likeness (QED) is 0.683. The SMILES string of the molecule is CC(C)(Cl)c1ccc2c(c1)C(=O)CS2. The van der Waals surface area contributed by atoms with E-state index in [2.05, 4.69) is 0 Å². The number of carbonyl (C=O) groups is 1. The molecule has 0 radical (unpaired) electrons. The monoisotopic (exact) mass is 226 g/mol. The summed E-state index contributed by atoms with van der Waals surface area (Å²) in [6, 6.07) is 5.91. The molecule has 0 unspecified atom stereocenters. The van der Waals surface area contributed by atoms with Gasteiger partial charge in [-0.2, -0.15) is 0 Å². The fourth-order valence-electron chi connectivity index (χ4n) is 1.46. The summed E-state index contributed by atoms with van der Waals surface area (Å²) in [7, 11) is 0. The highest BCUT2D eigenvalue weighted by atomic mass is 35.5. The van der Waals surface area contributed by atoms with Crippen molar-refractivity contribution >= 4 is 29.1 Å². The maximum atomic E-state index is 11.5. The average molecular weight is 227 g/mol. The number of Topliss-reactive ketones (excluding diaryl/α,β-unsaturated/α-hetero) is 1. The van der Waals surface area contributed by atoms with E-state index in [-0.39, 0.29) is 5.78 Å². The van der Waals surface area contributed by atoms with Crippen molar-refractivity contribution in [1.82, 2.24) is 0 Å². The van der Waals surface area contributed by atoms with Crippen LogP contribution < -0.4 is 0 Å². The largest absolute Gasteiger partial charge is 0.293 e. The van der Waals surface area contributed by atoms with Crippen molar-refractivity contribution in [3.05, 3.63) is 29.3 Å². The predicted molar refractivity (Wildman–Crippen MR) is 60.4 cm³/mol. The van der Waals surface area contributed by atoms with E-state index < -0.39 is 4.87 Å². The third kappa shape index (κ3) is 1.69. The molecule has 0 aliphatic carbocycles. The molecule has 74 valence electrons. The molecule has 0 bridgehead atoms. The van der Waals surface area contributed by atoms with Gasteiger partial charge in [-0.3, -0.25) is 4.79 Å². The molecule has 0 saturated heterocycles. The van der Waals surface area contributed by atoms with E-state index in [0.717, 1.165) is 16.0 Å². The van der Waals surface area contributed by atoms with E-state index in [1.165, 1.54) is 0 Å². The zero-order valence-corrected chi connectivity index (χ0v) is 9.71. The predicted octanol–water partition coefficient (Wildman–Crippen LogP) is 3.45. The Kier molecular flexibility index (Phi) is 2.36. The smallest absolute Gasteiger partial charge is 0.174 e. The van der Waals surface area contributed by atoms with Crippen LogP contribution in [0.4, 0.5) is 0 Å². The second kappa shape index (κ2) is 3.28. The minimum absolute atomic E-state index is 0.216. The van der Waals surface area contributed by atoms with Crippen LogP contribution >= 0.6 is 23.4 Å². The lowest BCUT2D eigenvalue weighted by Crippen LogP contribution is -2.08. The standard InChI is InChI=1S/C11H11ClOS/c1-11(2,12)7-3-4-10-8(5-7)9(13)6-14-10/h3-5H,6H2,1-2H3. The van der Waals surface area contributed by atoms with E-state index in [4.69, 9.17) is 11.6 Å². The molecule has 0 atom stereocenters. The van der Waals surface area contributed by atoms with Crippen LogP contribution in [0, 0.1) is 0 Å². The maximum Gasteiger partial charge on any atom is 0.174 e. The highest BCUT2D eigenvalue weighted by molar-refractivity contribution is 8.00. The van der Waals surface area contributed by atoms with Gasteiger partial charge < -0.3 is 0 Å². The van der Waals surface area contributed by atoms with Crippen LogP contribution in [0.1, 0.15) is 29.8 Å². The molecule has 1 aromatic rings. The first-order valence-corrected chi connectivity index (χ1v) is 5.84. The molecule has 0 aromatic heterocycles. The number of ketones is 1. The van der Waals surface area contributed by atoms with Crippen LogP contribution in [0.5, 0.6) is 0 Å². The van der Waals surface area contributed by atoms with Gasteiger partial charge in [-0.25, -0.2) is 0 Å². The van der Waals surface area contributed by atoms with Gasteiger partial charge in [0.15, 0.2) is 5.78 Å². The number of halogens is 1. The van der Waals surface area contributed by atoms with Crippen molar-refractivity contribution in [1.29, 1.82) is 0 Å². The highest BCUT2D eigenvalue weighted by Gasteiger charge is 2.24. The Labute approximate surface area is 92.8 Å². The van der Waals surface area contributed by atoms with Crippen LogP contribution in [0.15, 0.2) is 23.1 Å². The zero-order valence-electron chi connectivity index (χ0n) is 8.13. The van der Waals surface area contributed by atoms with Gasteiger partial charge in [-0.1, -0.05) is 6.07 Å². The Morgan fingerprint density at radius 3 is 2.79 bits per heavy atom. The topological polar surface area (TPSA) is 17.1 Å². The number of carbonyl (C=O) groups excluding carboxylic acids is 1. The summed E-state index contributed by atoms with van der Waals surface area (Å²) in [5.74, 6) is 0.786. The molecular formula is C11H11ClOS. The van der Waals surface area contributed by atoms with E-state index in [9.17, 15) is 4.79 Å². The number of hydrogen-bond donors (Lipinski definition) is 0. The van der Waals surface area contributed by atoms with Crippen molar-refractivity contribution in [2.24, 2.45) is 0 Å². The summed E-state index contributed by atoms with van der Waals surface area (Å²) in [5, 5.41) is 0. The van der Waals surface area contributed by atoms with E-state index in [1.807, 2.05) is 32.0 Å². The first-order chi connectivity index (χ1) is 6.48. The molecule has 0 fully saturated rings. The van der Waals surface area contributed by atoms with Gasteiger partial charge in [-0.05, 0) is 31.5 Å². The molecule has 2 rings (SSSR count). The van der Waals surface area contributed by atoms with Crippen LogP contribution in [0.2, 0.25) is 0 Å². The van der Waals surface area contributed by atoms with Gasteiger partial charge in [0.05, 0.1) is 10.6 Å². The Balaban J connectivity index is 2.50. The first kappa shape index (κ1) is 10.1. The summed E-state index contributed by atoms with van der Waals surface area (Å²) < 4.78 is 0. The summed E-state index contributed by atoms with van der Waals surface area (Å²) in [6.07, 6.45) is 0. The molecule has 0 spiro atoms. The average Bonchev–Trinajstić information content (AvgIpc) is 2.46. The molecule has 0 N–H and O–H groups in total. The fourth-order valence-corrected chi connectivity index (χ4v) is 2.52. The molecule has 1 aliphatic heterocycles. The number of thioether (sulfide) groups is 1. The molecular weight excluding hydrogens is 216 g/mol. The first-order valence-electron chi connectivity index (χ1n) is 4.48. The van der Waals surface area contributed by atoms with Crippen LogP contribution in [-0.2, 0) is 4.87 Å². The summed E-state index contributed by atoms with van der Waals surface area (Å²) in [6.45, 7) is 3.87. The van der Waals surface area contributed by atoms with Gasteiger partial charge >= 0.3 is 0 Å². The third-order valence-electron chi connectivity index (χ3n) is 2.33. The van der Waals surface area contributed by atoms with Crippen LogP contribution in [-0.4, -0.2) is 11.5 Å². The molecule has 1 nitrogen and oxygen atoms in total. The Morgan fingerprint density at radius 1 is 1.43 bits per heavy atom. The van der Waals surface area contributed by atoms with Crippen molar-refractivity contribution in [2.45, 2.75) is 23.6 Å². The van der Waals surface area contributed by atoms with Crippen molar-refractivity contribution in [3.63, 3.8) is 0 Å². The van der Waals surface area contributed by atoms with E-state index in [1.54, 1.807) is 11.8 Å². The summed E-state index contributed by atoms with van der Waals surface area (Å²) >= 11 is 7.79. The Hall–Kier alpha value is -0.470. The molecule has 1 heterocycles. The van der Waals surface area contributed by atoms with Crippen LogP contribution in [0.3, 0.4) is 0 Å². The fraction of sp³-hybridized carbons (Fsp3) is 0.364. The van der Waals surface area contributed by atoms with Crippen LogP contribution in [0.25, 0.3) is 0 Å². The van der Waals surface area contributed by atoms with Gasteiger partial charge in [0.25, 0.3) is 0 Å². The van der Waals surface area contributed by atoms with Crippen molar-refractivity contribution < 1.29 is 4.79 Å². The highest BCUT2D eigenvalue weighted by Crippen LogP contribution is 2.35. The number of alkyl halides is 1. The number of fused-ring (bicyclic) bond motifs is 1. The lowest BCUT2D eigenvalue weighted by Gasteiger charge is -2.16. The van der Waals surface area contributed by atoms with Gasteiger partial charge in [0, 0.05) is 10.5 Å². The normalized spacial score (nSPS) is 15.8. The molecule has 0 amide bonds. The molecule has 0 saturated carbocycles. The second-order valence-corrected chi connectivity index (χ2v) is 5.86. The number of hydrogen-bond acceptors (Lipinski definition) is 2. The number of benzene rings is 1. The van der Waals surface area contributed by atoms with E-state index >= 15 is 0 Å². The lowest BCUT2D eigenvalue weighted by molar-refractivity contribution is 0.102. The minimum Gasteiger partial charge on any atom is -0.293 e. The third-order valence-corrected chi connectivity index (χ3v) is 3.62. The molecule has 1 aromatic carbocycles. The second-order valence-electron chi connectivity index (χ2n) is 3.90. The van der Waals surface area contributed by atoms with Gasteiger partial charge in [0.1, 0.15) is 0 Å². The minimum atomic E-state index is -0.400. The molecule has 1 aliphatic rings.